The number of nitrogens with zero attached hydrogens (tertiary/aromatic N) is 2. The molecule has 2 heterocycles. The molecule has 0 saturated heterocycles. The molecule has 186 valence electrons. The van der Waals surface area contributed by atoms with Crippen molar-refractivity contribution in [2.75, 3.05) is 10.6 Å². The molecule has 1 aliphatic rings. The lowest BCUT2D eigenvalue weighted by Gasteiger charge is -2.35. The molecule has 4 rings (SSSR count). The summed E-state index contributed by atoms with van der Waals surface area (Å²) in [6.07, 6.45) is 3.38. The molecule has 0 saturated carbocycles. The molecule has 0 spiro atoms. The van der Waals surface area contributed by atoms with E-state index in [1.165, 1.54) is 24.2 Å². The van der Waals surface area contributed by atoms with Crippen molar-refractivity contribution in [1.82, 2.24) is 4.98 Å². The van der Waals surface area contributed by atoms with Gasteiger partial charge in [-0.2, -0.15) is 0 Å². The summed E-state index contributed by atoms with van der Waals surface area (Å²) in [5.74, 6) is -1.18. The monoisotopic (exact) mass is 496 g/mol. The van der Waals surface area contributed by atoms with Crippen molar-refractivity contribution in [2.24, 2.45) is 0 Å². The zero-order valence-electron chi connectivity index (χ0n) is 21.4. The normalized spacial score (nSPS) is 12.4. The Balaban J connectivity index is 0.000000623. The van der Waals surface area contributed by atoms with Gasteiger partial charge in [-0.05, 0) is 75.4 Å². The highest BCUT2D eigenvalue weighted by molar-refractivity contribution is 7.99. The molecule has 5 nitrogen and oxygen atoms in total. The minimum atomic E-state index is -0.884. The lowest BCUT2D eigenvalue weighted by Crippen LogP contribution is -2.24. The Kier molecular flexibility index (Phi) is 7.92. The molecule has 2 aromatic carbocycles. The van der Waals surface area contributed by atoms with E-state index in [0.29, 0.717) is 17.8 Å². The van der Waals surface area contributed by atoms with Crippen molar-refractivity contribution in [2.45, 2.75) is 60.1 Å². The third-order valence-electron chi connectivity index (χ3n) is 5.76. The predicted octanol–water partition coefficient (Wildman–Crippen LogP) is 6.48. The number of hydrogen-bond acceptors (Lipinski definition) is 5. The van der Waals surface area contributed by atoms with Crippen LogP contribution in [0.3, 0.4) is 0 Å². The summed E-state index contributed by atoms with van der Waals surface area (Å²) in [4.78, 5) is 16.2. The fourth-order valence-electron chi connectivity index (χ4n) is 4.38. The van der Waals surface area contributed by atoms with Crippen LogP contribution in [0.2, 0.25) is 0 Å². The fourth-order valence-corrected chi connectivity index (χ4v) is 5.04. The second-order valence-electron chi connectivity index (χ2n) is 9.77. The van der Waals surface area contributed by atoms with Crippen LogP contribution >= 0.6 is 11.9 Å². The standard InChI is InChI=1S/C24H23FN2O2S.C4H10O/c1-13-5-7-16(8-6-13)21-15(3)22-23-18(25)9-10-26-19(23)12-27(30-4)24(22)14(2)17(21)11-20(28)29;1-4(2,3)5/h5-10H,11-12H2,1-4H3,(H,28,29);5H,1-3H3. The third-order valence-corrected chi connectivity index (χ3v) is 6.51. The molecule has 0 bridgehead atoms. The van der Waals surface area contributed by atoms with Crippen molar-refractivity contribution >= 4 is 23.6 Å². The van der Waals surface area contributed by atoms with Crippen molar-refractivity contribution in [1.29, 1.82) is 0 Å². The van der Waals surface area contributed by atoms with Crippen LogP contribution in [0.4, 0.5) is 10.1 Å². The average Bonchev–Trinajstić information content (AvgIpc) is 2.76. The van der Waals surface area contributed by atoms with Gasteiger partial charge in [0.2, 0.25) is 0 Å². The maximum Gasteiger partial charge on any atom is 0.307 e. The second-order valence-corrected chi connectivity index (χ2v) is 10.6. The number of carboxylic acids is 1. The molecule has 3 aromatic rings. The molecule has 0 radical (unpaired) electrons. The average molecular weight is 497 g/mol. The Hall–Kier alpha value is -2.90. The maximum absolute atomic E-state index is 15.0. The van der Waals surface area contributed by atoms with Crippen LogP contribution in [0, 0.1) is 26.6 Å². The summed E-state index contributed by atoms with van der Waals surface area (Å²) in [5, 5.41) is 18.2. The molecule has 0 amide bonds. The number of carboxylic acid groups (broad SMARTS) is 1. The van der Waals surface area contributed by atoms with Gasteiger partial charge in [0.1, 0.15) is 5.82 Å². The number of fused-ring (bicyclic) bond motifs is 3. The Bertz CT molecular complexity index is 1240. The van der Waals surface area contributed by atoms with Gasteiger partial charge in [0.15, 0.2) is 0 Å². The summed E-state index contributed by atoms with van der Waals surface area (Å²) >= 11 is 1.54. The first-order chi connectivity index (χ1) is 16.3. The molecule has 1 aromatic heterocycles. The summed E-state index contributed by atoms with van der Waals surface area (Å²) in [6, 6.07) is 9.43. The first-order valence-electron chi connectivity index (χ1n) is 11.5. The van der Waals surface area contributed by atoms with Crippen LogP contribution in [0.5, 0.6) is 0 Å². The first-order valence-corrected chi connectivity index (χ1v) is 12.6. The van der Waals surface area contributed by atoms with Gasteiger partial charge in [-0.25, -0.2) is 4.39 Å². The minimum absolute atomic E-state index is 0.0895. The minimum Gasteiger partial charge on any atom is -0.481 e. The van der Waals surface area contributed by atoms with Gasteiger partial charge in [0, 0.05) is 23.6 Å². The number of aromatic nitrogens is 1. The number of benzene rings is 2. The van der Waals surface area contributed by atoms with Gasteiger partial charge in [0.25, 0.3) is 0 Å². The Morgan fingerprint density at radius 3 is 2.20 bits per heavy atom. The van der Waals surface area contributed by atoms with Crippen LogP contribution in [0.15, 0.2) is 36.5 Å². The zero-order chi connectivity index (χ0) is 26.1. The van der Waals surface area contributed by atoms with Gasteiger partial charge in [-0.3, -0.25) is 9.78 Å². The molecule has 35 heavy (non-hydrogen) atoms. The van der Waals surface area contributed by atoms with Gasteiger partial charge in [0.05, 0.1) is 29.9 Å². The van der Waals surface area contributed by atoms with E-state index in [1.807, 2.05) is 51.3 Å². The molecule has 0 fully saturated rings. The number of carbonyl (C=O) groups is 1. The Morgan fingerprint density at radius 2 is 1.66 bits per heavy atom. The molecule has 2 N–H and O–H groups in total. The number of aliphatic hydroxyl groups is 1. The van der Waals surface area contributed by atoms with E-state index in [1.54, 1.807) is 20.8 Å². The predicted molar refractivity (Wildman–Crippen MR) is 142 cm³/mol. The van der Waals surface area contributed by atoms with E-state index in [2.05, 4.69) is 9.29 Å². The molecular weight excluding hydrogens is 463 g/mol. The Labute approximate surface area is 211 Å². The topological polar surface area (TPSA) is 73.7 Å². The molecular formula is C28H33FN2O3S. The van der Waals surface area contributed by atoms with Crippen molar-refractivity contribution in [3.63, 3.8) is 0 Å². The van der Waals surface area contributed by atoms with Crippen molar-refractivity contribution in [3.05, 3.63) is 70.3 Å². The SMILES string of the molecule is CC(C)(C)O.CSN1Cc2nccc(F)c2-c2c(C)c(-c3ccc(C)cc3)c(CC(=O)O)c(C)c21. The van der Waals surface area contributed by atoms with E-state index in [0.717, 1.165) is 44.6 Å². The number of anilines is 1. The molecule has 0 unspecified atom stereocenters. The smallest absolute Gasteiger partial charge is 0.307 e. The van der Waals surface area contributed by atoms with E-state index >= 15 is 4.39 Å². The van der Waals surface area contributed by atoms with Gasteiger partial charge >= 0.3 is 5.97 Å². The van der Waals surface area contributed by atoms with Crippen LogP contribution < -0.4 is 4.31 Å². The molecule has 0 aliphatic carbocycles. The number of hydrogen-bond donors (Lipinski definition) is 2. The number of rotatable bonds is 4. The number of halogens is 1. The first kappa shape index (κ1) is 26.7. The zero-order valence-corrected chi connectivity index (χ0v) is 22.2. The van der Waals surface area contributed by atoms with E-state index in [9.17, 15) is 9.90 Å². The fraction of sp³-hybridized carbons (Fsp3) is 0.357. The summed E-state index contributed by atoms with van der Waals surface area (Å²) in [5.41, 5.74) is 7.85. The highest BCUT2D eigenvalue weighted by Crippen LogP contribution is 2.50. The third kappa shape index (κ3) is 5.85. The van der Waals surface area contributed by atoms with Crippen LogP contribution in [-0.4, -0.2) is 33.0 Å². The van der Waals surface area contributed by atoms with Crippen molar-refractivity contribution < 1.29 is 19.4 Å². The van der Waals surface area contributed by atoms with E-state index in [-0.39, 0.29) is 12.2 Å². The van der Waals surface area contributed by atoms with Crippen molar-refractivity contribution in [3.8, 4) is 22.3 Å². The quantitative estimate of drug-likeness (QED) is 0.403. The highest BCUT2D eigenvalue weighted by atomic mass is 32.2. The van der Waals surface area contributed by atoms with E-state index in [4.69, 9.17) is 5.11 Å². The van der Waals surface area contributed by atoms with Gasteiger partial charge < -0.3 is 14.5 Å². The number of aryl methyl sites for hydroxylation is 1. The maximum atomic E-state index is 15.0. The summed E-state index contributed by atoms with van der Waals surface area (Å²) in [7, 11) is 0. The molecule has 7 heteroatoms. The van der Waals surface area contributed by atoms with Crippen LogP contribution in [0.25, 0.3) is 22.3 Å². The van der Waals surface area contributed by atoms with Crippen LogP contribution in [0.1, 0.15) is 48.7 Å². The molecule has 1 aliphatic heterocycles. The molecule has 0 atom stereocenters. The lowest BCUT2D eigenvalue weighted by molar-refractivity contribution is -0.136. The number of pyridine rings is 1. The van der Waals surface area contributed by atoms with E-state index < -0.39 is 11.6 Å². The largest absolute Gasteiger partial charge is 0.481 e. The summed E-state index contributed by atoms with van der Waals surface area (Å²) in [6.45, 7) is 11.6. The Morgan fingerprint density at radius 1 is 1.06 bits per heavy atom. The highest BCUT2D eigenvalue weighted by Gasteiger charge is 2.32. The number of aliphatic carboxylic acids is 1. The van der Waals surface area contributed by atoms with Crippen LogP contribution in [-0.2, 0) is 17.8 Å². The van der Waals surface area contributed by atoms with Gasteiger partial charge in [-0.1, -0.05) is 41.8 Å². The summed E-state index contributed by atoms with van der Waals surface area (Å²) < 4.78 is 17.1. The lowest BCUT2D eigenvalue weighted by atomic mass is 9.81. The second kappa shape index (κ2) is 10.4. The van der Waals surface area contributed by atoms with Gasteiger partial charge in [-0.15, -0.1) is 0 Å².